The van der Waals surface area contributed by atoms with Gasteiger partial charge in [0.25, 0.3) is 0 Å². The second kappa shape index (κ2) is 9.17. The number of carbonyl (C=O) groups is 1. The first-order chi connectivity index (χ1) is 14.3. The molecule has 7 heteroatoms. The third kappa shape index (κ3) is 5.41. The molecule has 0 radical (unpaired) electrons. The van der Waals surface area contributed by atoms with Crippen molar-refractivity contribution in [2.45, 2.75) is 6.18 Å². The van der Waals surface area contributed by atoms with Gasteiger partial charge in [0.2, 0.25) is 0 Å². The molecule has 0 aromatic heterocycles. The average molecular weight is 414 g/mol. The minimum Gasteiger partial charge on any atom is -0.486 e. The van der Waals surface area contributed by atoms with Crippen LogP contribution in [0.25, 0.3) is 6.08 Å². The first-order valence-electron chi connectivity index (χ1n) is 8.90. The van der Waals surface area contributed by atoms with Gasteiger partial charge in [-0.1, -0.05) is 42.5 Å². The molecule has 0 heterocycles. The summed E-state index contributed by atoms with van der Waals surface area (Å²) in [5.41, 5.74) is -0.0790. The highest BCUT2D eigenvalue weighted by Gasteiger charge is 2.29. The molecule has 0 saturated carbocycles. The number of ether oxygens (including phenoxy) is 2. The number of rotatable bonds is 7. The zero-order valence-electron chi connectivity index (χ0n) is 15.6. The van der Waals surface area contributed by atoms with Gasteiger partial charge in [0, 0.05) is 0 Å². The number of hydrogen-bond donors (Lipinski definition) is 1. The molecule has 30 heavy (non-hydrogen) atoms. The fourth-order valence-corrected chi connectivity index (χ4v) is 2.61. The quantitative estimate of drug-likeness (QED) is 0.494. The number of halogens is 3. The fourth-order valence-electron chi connectivity index (χ4n) is 2.61. The summed E-state index contributed by atoms with van der Waals surface area (Å²) >= 11 is 0. The maximum absolute atomic E-state index is 12.6. The molecule has 0 fully saturated rings. The third-order valence-corrected chi connectivity index (χ3v) is 4.07. The molecule has 0 unspecified atom stereocenters. The van der Waals surface area contributed by atoms with Crippen molar-refractivity contribution >= 4 is 12.0 Å². The minimum absolute atomic E-state index is 0.0227. The van der Waals surface area contributed by atoms with Crippen molar-refractivity contribution in [1.29, 1.82) is 0 Å². The molecule has 0 atom stereocenters. The molecule has 3 rings (SSSR count). The van der Waals surface area contributed by atoms with Crippen molar-refractivity contribution in [1.82, 2.24) is 0 Å². The predicted molar refractivity (Wildman–Crippen MR) is 106 cm³/mol. The van der Waals surface area contributed by atoms with E-state index in [2.05, 4.69) is 0 Å². The normalized spacial score (nSPS) is 11.4. The van der Waals surface area contributed by atoms with Crippen LogP contribution in [-0.4, -0.2) is 17.7 Å². The van der Waals surface area contributed by atoms with E-state index in [4.69, 9.17) is 9.47 Å². The van der Waals surface area contributed by atoms with Crippen molar-refractivity contribution in [3.05, 3.63) is 95.6 Å². The average Bonchev–Trinajstić information content (AvgIpc) is 2.72. The maximum atomic E-state index is 12.6. The molecule has 1 N–H and O–H groups in total. The molecule has 0 aliphatic heterocycles. The summed E-state index contributed by atoms with van der Waals surface area (Å²) in [5, 5.41) is 9.27. The van der Waals surface area contributed by atoms with Gasteiger partial charge in [-0.2, -0.15) is 13.2 Å². The Morgan fingerprint density at radius 3 is 2.10 bits per heavy atom. The van der Waals surface area contributed by atoms with Gasteiger partial charge in [-0.05, 0) is 48.0 Å². The van der Waals surface area contributed by atoms with E-state index in [0.29, 0.717) is 17.1 Å². The van der Waals surface area contributed by atoms with E-state index in [1.165, 1.54) is 18.2 Å². The van der Waals surface area contributed by atoms with Crippen molar-refractivity contribution in [2.24, 2.45) is 0 Å². The van der Waals surface area contributed by atoms with Crippen LogP contribution < -0.4 is 9.47 Å². The fraction of sp³-hybridized carbons (Fsp3) is 0.0870. The Morgan fingerprint density at radius 2 is 1.47 bits per heavy atom. The topological polar surface area (TPSA) is 55.8 Å². The molecule has 4 nitrogen and oxygen atoms in total. The summed E-state index contributed by atoms with van der Waals surface area (Å²) in [4.78, 5) is 11.3. The lowest BCUT2D eigenvalue weighted by atomic mass is 10.1. The summed E-state index contributed by atoms with van der Waals surface area (Å²) in [6, 6.07) is 17.8. The molecule has 0 aliphatic carbocycles. The number of carboxylic acid groups (broad SMARTS) is 1. The number of aromatic carboxylic acids is 1. The van der Waals surface area contributed by atoms with E-state index in [-0.39, 0.29) is 17.9 Å². The Hall–Kier alpha value is -3.74. The van der Waals surface area contributed by atoms with Gasteiger partial charge >= 0.3 is 12.1 Å². The van der Waals surface area contributed by atoms with Crippen LogP contribution in [0, 0.1) is 0 Å². The second-order valence-electron chi connectivity index (χ2n) is 6.18. The predicted octanol–water partition coefficient (Wildman–Crippen LogP) is 6.29. The van der Waals surface area contributed by atoms with Crippen LogP contribution in [-0.2, 0) is 6.18 Å². The summed E-state index contributed by atoms with van der Waals surface area (Å²) in [6.07, 6.45) is -1.07. The summed E-state index contributed by atoms with van der Waals surface area (Å²) in [7, 11) is 0. The second-order valence-corrected chi connectivity index (χ2v) is 6.18. The highest BCUT2D eigenvalue weighted by molar-refractivity contribution is 5.91. The Morgan fingerprint density at radius 1 is 0.867 bits per heavy atom. The van der Waals surface area contributed by atoms with Crippen molar-refractivity contribution in [3.63, 3.8) is 0 Å². The lowest BCUT2D eigenvalue weighted by Gasteiger charge is -2.12. The van der Waals surface area contributed by atoms with E-state index in [0.717, 1.165) is 12.1 Å². The first kappa shape index (κ1) is 21.0. The Labute approximate surface area is 170 Å². The molecule has 0 bridgehead atoms. The molecule has 154 valence electrons. The third-order valence-electron chi connectivity index (χ3n) is 4.07. The van der Waals surface area contributed by atoms with Crippen LogP contribution >= 0.6 is 0 Å². The van der Waals surface area contributed by atoms with Crippen molar-refractivity contribution in [2.75, 3.05) is 6.61 Å². The van der Waals surface area contributed by atoms with Crippen molar-refractivity contribution < 1.29 is 32.5 Å². The highest BCUT2D eigenvalue weighted by Crippen LogP contribution is 2.33. The number of hydrogen-bond acceptors (Lipinski definition) is 3. The number of alkyl halides is 3. The summed E-state index contributed by atoms with van der Waals surface area (Å²) < 4.78 is 49.2. The molecular formula is C23H17F3O4. The zero-order chi connectivity index (χ0) is 21.6. The largest absolute Gasteiger partial charge is 0.486 e. The molecule has 3 aromatic carbocycles. The standard InChI is InChI=1S/C23H17F3O4/c24-23(25,26)17-13-11-16(12-14-17)6-5-15-29-20-9-3-4-10-21(20)30-19-8-2-1-7-18(19)22(27)28/h1-14H,15H2,(H,27,28)/b6-5+. The molecule has 0 amide bonds. The van der Waals surface area contributed by atoms with Gasteiger partial charge < -0.3 is 14.6 Å². The number of benzene rings is 3. The molecule has 3 aromatic rings. The van der Waals surface area contributed by atoms with Gasteiger partial charge in [0.1, 0.15) is 17.9 Å². The molecule has 0 spiro atoms. The van der Waals surface area contributed by atoms with E-state index in [1.54, 1.807) is 54.6 Å². The lowest BCUT2D eigenvalue weighted by Crippen LogP contribution is -2.04. The van der Waals surface area contributed by atoms with Gasteiger partial charge in [-0.3, -0.25) is 0 Å². The van der Waals surface area contributed by atoms with Crippen LogP contribution in [0.15, 0.2) is 78.9 Å². The van der Waals surface area contributed by atoms with Crippen LogP contribution in [0.1, 0.15) is 21.5 Å². The minimum atomic E-state index is -4.37. The monoisotopic (exact) mass is 414 g/mol. The van der Waals surface area contributed by atoms with Gasteiger partial charge in [-0.15, -0.1) is 0 Å². The Bertz CT molecular complexity index is 1040. The van der Waals surface area contributed by atoms with Crippen LogP contribution in [0.2, 0.25) is 0 Å². The number of para-hydroxylation sites is 3. The molecule has 0 aliphatic rings. The Kier molecular flexibility index (Phi) is 6.41. The summed E-state index contributed by atoms with van der Waals surface area (Å²) in [5.74, 6) is -0.186. The molecular weight excluding hydrogens is 397 g/mol. The van der Waals surface area contributed by atoms with E-state index in [9.17, 15) is 23.1 Å². The van der Waals surface area contributed by atoms with Gasteiger partial charge in [0.05, 0.1) is 5.56 Å². The highest BCUT2D eigenvalue weighted by atomic mass is 19.4. The van der Waals surface area contributed by atoms with Gasteiger partial charge in [0.15, 0.2) is 11.5 Å². The van der Waals surface area contributed by atoms with Crippen LogP contribution in [0.4, 0.5) is 13.2 Å². The van der Waals surface area contributed by atoms with E-state index >= 15 is 0 Å². The molecule has 0 saturated heterocycles. The van der Waals surface area contributed by atoms with Gasteiger partial charge in [-0.25, -0.2) is 4.79 Å². The maximum Gasteiger partial charge on any atom is 0.416 e. The first-order valence-corrected chi connectivity index (χ1v) is 8.90. The van der Waals surface area contributed by atoms with Crippen LogP contribution in [0.5, 0.6) is 17.2 Å². The van der Waals surface area contributed by atoms with Crippen molar-refractivity contribution in [3.8, 4) is 17.2 Å². The summed E-state index contributed by atoms with van der Waals surface area (Å²) in [6.45, 7) is 0.141. The number of carboxylic acids is 1. The van der Waals surface area contributed by atoms with Crippen LogP contribution in [0.3, 0.4) is 0 Å². The van der Waals surface area contributed by atoms with E-state index < -0.39 is 17.7 Å². The SMILES string of the molecule is O=C(O)c1ccccc1Oc1ccccc1OC/C=C/c1ccc(C(F)(F)F)cc1. The van der Waals surface area contributed by atoms with E-state index in [1.807, 2.05) is 0 Å². The smallest absolute Gasteiger partial charge is 0.416 e. The Balaban J connectivity index is 1.66. The zero-order valence-corrected chi connectivity index (χ0v) is 15.6. The lowest BCUT2D eigenvalue weighted by molar-refractivity contribution is -0.137.